The Morgan fingerprint density at radius 1 is 1.23 bits per heavy atom. The largest absolute Gasteiger partial charge is 0.461 e. The molecule has 5 nitrogen and oxygen atoms in total. The molecule has 1 aromatic carbocycles. The van der Waals surface area contributed by atoms with Crippen LogP contribution < -0.4 is 0 Å². The summed E-state index contributed by atoms with van der Waals surface area (Å²) in [5, 5.41) is 10.1. The summed E-state index contributed by atoms with van der Waals surface area (Å²) in [5.74, 6) is 1.67. The molecule has 3 atom stereocenters. The molecule has 4 rings (SSSR count). The Labute approximate surface area is 153 Å². The molecule has 2 heterocycles. The molecule has 1 saturated heterocycles. The number of aryl methyl sites for hydroxylation is 1. The van der Waals surface area contributed by atoms with E-state index < -0.39 is 0 Å². The molecule has 0 bridgehead atoms. The quantitative estimate of drug-likeness (QED) is 0.917. The lowest BCUT2D eigenvalue weighted by Crippen LogP contribution is -2.52. The Morgan fingerprint density at radius 3 is 2.65 bits per heavy atom. The lowest BCUT2D eigenvalue weighted by Gasteiger charge is -2.42. The molecular weight excluding hydrogens is 330 g/mol. The predicted octanol–water partition coefficient (Wildman–Crippen LogP) is 3.40. The normalized spacial score (nSPS) is 28.2. The number of carbonyl (C=O) groups excluding carboxylic acids is 1. The summed E-state index contributed by atoms with van der Waals surface area (Å²) < 4.78 is 11.5. The number of carbonyl (C=O) groups is 1. The topological polar surface area (TPSA) is 62.9 Å². The number of hydrogen-bond acceptors (Lipinski definition) is 4. The number of furan rings is 1. The Balaban J connectivity index is 1.55. The molecule has 138 valence electrons. The molecule has 2 fully saturated rings. The van der Waals surface area contributed by atoms with Crippen molar-refractivity contribution >= 4 is 5.91 Å². The van der Waals surface area contributed by atoms with Crippen LogP contribution in [0, 0.1) is 6.92 Å². The maximum absolute atomic E-state index is 13.1. The number of aliphatic hydroxyl groups excluding tert-OH is 1. The van der Waals surface area contributed by atoms with Gasteiger partial charge in [-0.25, -0.2) is 0 Å². The average Bonchev–Trinajstić information content (AvgIpc) is 3.25. The fraction of sp³-hybridized carbons (Fsp3) is 0.476. The minimum atomic E-state index is -0.360. The number of ether oxygens (including phenoxy) is 1. The van der Waals surface area contributed by atoms with Crippen molar-refractivity contribution in [2.24, 2.45) is 0 Å². The van der Waals surface area contributed by atoms with Gasteiger partial charge in [0.15, 0.2) is 0 Å². The average molecular weight is 355 g/mol. The van der Waals surface area contributed by atoms with E-state index in [9.17, 15) is 9.90 Å². The smallest absolute Gasteiger partial charge is 0.254 e. The van der Waals surface area contributed by atoms with E-state index >= 15 is 0 Å². The fourth-order valence-electron chi connectivity index (χ4n) is 4.45. The Morgan fingerprint density at radius 2 is 2.00 bits per heavy atom. The maximum Gasteiger partial charge on any atom is 0.254 e. The van der Waals surface area contributed by atoms with Gasteiger partial charge in [-0.1, -0.05) is 12.1 Å². The summed E-state index contributed by atoms with van der Waals surface area (Å²) in [5.41, 5.74) is 1.31. The number of hydrogen-bond donors (Lipinski definition) is 1. The Bertz CT molecular complexity index is 797. The first-order valence-corrected chi connectivity index (χ1v) is 9.23. The van der Waals surface area contributed by atoms with Crippen LogP contribution in [0.4, 0.5) is 0 Å². The van der Waals surface area contributed by atoms with Crippen molar-refractivity contribution in [3.05, 3.63) is 47.7 Å². The zero-order chi connectivity index (χ0) is 18.3. The highest BCUT2D eigenvalue weighted by Crippen LogP contribution is 2.43. The number of fused-ring (bicyclic) bond motifs is 1. The van der Waals surface area contributed by atoms with Gasteiger partial charge in [0.05, 0.1) is 17.7 Å². The second-order valence-corrected chi connectivity index (χ2v) is 7.45. The van der Waals surface area contributed by atoms with Gasteiger partial charge in [-0.3, -0.25) is 4.79 Å². The first-order valence-electron chi connectivity index (χ1n) is 9.23. The molecule has 1 saturated carbocycles. The second-order valence-electron chi connectivity index (χ2n) is 7.45. The van der Waals surface area contributed by atoms with E-state index in [1.807, 2.05) is 48.2 Å². The number of likely N-dealkylation sites (tertiary alicyclic amines) is 1. The van der Waals surface area contributed by atoms with Gasteiger partial charge in [-0.05, 0) is 56.9 Å². The van der Waals surface area contributed by atoms with Crippen LogP contribution in [0.1, 0.15) is 41.8 Å². The summed E-state index contributed by atoms with van der Waals surface area (Å²) >= 11 is 0. The lowest BCUT2D eigenvalue weighted by molar-refractivity contribution is -0.0824. The molecule has 26 heavy (non-hydrogen) atoms. The van der Waals surface area contributed by atoms with Gasteiger partial charge >= 0.3 is 0 Å². The van der Waals surface area contributed by atoms with Gasteiger partial charge in [0.2, 0.25) is 0 Å². The zero-order valence-corrected chi connectivity index (χ0v) is 15.3. The van der Waals surface area contributed by atoms with Gasteiger partial charge in [0, 0.05) is 24.8 Å². The first-order chi connectivity index (χ1) is 12.5. The van der Waals surface area contributed by atoms with Crippen LogP contribution in [0.25, 0.3) is 11.3 Å². The molecule has 0 spiro atoms. The third kappa shape index (κ3) is 2.85. The van der Waals surface area contributed by atoms with Crippen LogP contribution in [0.5, 0.6) is 0 Å². The molecule has 1 aromatic heterocycles. The molecule has 0 unspecified atom stereocenters. The first kappa shape index (κ1) is 17.3. The molecular formula is C21H25NO4. The molecule has 1 N–H and O–H groups in total. The second kappa shape index (κ2) is 6.56. The van der Waals surface area contributed by atoms with Crippen LogP contribution >= 0.6 is 0 Å². The Kier molecular flexibility index (Phi) is 4.37. The number of amides is 1. The molecule has 2 aliphatic rings. The third-order valence-corrected chi connectivity index (χ3v) is 5.98. The summed E-state index contributed by atoms with van der Waals surface area (Å²) in [4.78, 5) is 15.0. The molecule has 5 heteroatoms. The van der Waals surface area contributed by atoms with E-state index in [-0.39, 0.29) is 23.7 Å². The highest BCUT2D eigenvalue weighted by atomic mass is 16.5. The van der Waals surface area contributed by atoms with E-state index in [1.165, 1.54) is 0 Å². The van der Waals surface area contributed by atoms with Crippen molar-refractivity contribution in [1.29, 1.82) is 0 Å². The van der Waals surface area contributed by atoms with Crippen LogP contribution in [0.3, 0.4) is 0 Å². The molecule has 2 aromatic rings. The van der Waals surface area contributed by atoms with Crippen LogP contribution in [0.2, 0.25) is 0 Å². The van der Waals surface area contributed by atoms with Crippen molar-refractivity contribution in [1.82, 2.24) is 4.90 Å². The fourth-order valence-corrected chi connectivity index (χ4v) is 4.45. The van der Waals surface area contributed by atoms with E-state index in [0.717, 1.165) is 36.3 Å². The van der Waals surface area contributed by atoms with Gasteiger partial charge in [0.1, 0.15) is 11.5 Å². The standard InChI is InChI=1S/C21H25NO4/c1-14-3-8-18(26-14)15-4-6-16(7-5-15)20(24)22-12-11-21(25-2)10-9-17(23)13-19(21)22/h3-8,17,19,23H,9-13H2,1-2H3/t17-,19+,21-/m1/s1. The Hall–Kier alpha value is -2.11. The predicted molar refractivity (Wildman–Crippen MR) is 97.9 cm³/mol. The summed E-state index contributed by atoms with van der Waals surface area (Å²) in [6, 6.07) is 11.3. The highest BCUT2D eigenvalue weighted by Gasteiger charge is 2.52. The van der Waals surface area contributed by atoms with Gasteiger partial charge in [-0.15, -0.1) is 0 Å². The van der Waals surface area contributed by atoms with E-state index in [0.29, 0.717) is 18.5 Å². The third-order valence-electron chi connectivity index (χ3n) is 5.98. The summed E-state index contributed by atoms with van der Waals surface area (Å²) in [6.07, 6.45) is 2.60. The minimum Gasteiger partial charge on any atom is -0.461 e. The number of methoxy groups -OCH3 is 1. The molecule has 1 amide bonds. The lowest BCUT2D eigenvalue weighted by atomic mass is 9.79. The number of rotatable bonds is 3. The van der Waals surface area contributed by atoms with Crippen molar-refractivity contribution in [3.63, 3.8) is 0 Å². The minimum absolute atomic E-state index is 0.00482. The van der Waals surface area contributed by atoms with Crippen LogP contribution in [-0.4, -0.2) is 47.3 Å². The van der Waals surface area contributed by atoms with Gasteiger partial charge in [0.25, 0.3) is 5.91 Å². The number of nitrogens with zero attached hydrogens (tertiary/aromatic N) is 1. The molecule has 1 aliphatic carbocycles. The van der Waals surface area contributed by atoms with Crippen molar-refractivity contribution < 1.29 is 19.1 Å². The zero-order valence-electron chi connectivity index (χ0n) is 15.3. The van der Waals surface area contributed by atoms with Crippen LogP contribution in [0.15, 0.2) is 40.8 Å². The number of benzene rings is 1. The SMILES string of the molecule is CO[C@@]12CC[C@@H](O)C[C@@H]1N(C(=O)c1ccc(-c3ccc(C)o3)cc1)CC2. The van der Waals surface area contributed by atoms with Crippen LogP contribution in [-0.2, 0) is 4.74 Å². The van der Waals surface area contributed by atoms with Crippen molar-refractivity contribution in [3.8, 4) is 11.3 Å². The van der Waals surface area contributed by atoms with E-state index in [4.69, 9.17) is 9.15 Å². The maximum atomic E-state index is 13.1. The van der Waals surface area contributed by atoms with Gasteiger partial charge in [-0.2, -0.15) is 0 Å². The number of aliphatic hydroxyl groups is 1. The van der Waals surface area contributed by atoms with Gasteiger partial charge < -0.3 is 19.2 Å². The van der Waals surface area contributed by atoms with Crippen molar-refractivity contribution in [2.45, 2.75) is 50.4 Å². The van der Waals surface area contributed by atoms with E-state index in [2.05, 4.69) is 0 Å². The summed E-state index contributed by atoms with van der Waals surface area (Å²) in [7, 11) is 1.72. The van der Waals surface area contributed by atoms with Crippen molar-refractivity contribution in [2.75, 3.05) is 13.7 Å². The highest BCUT2D eigenvalue weighted by molar-refractivity contribution is 5.95. The monoisotopic (exact) mass is 355 g/mol. The molecule has 1 aliphatic heterocycles. The molecule has 0 radical (unpaired) electrons. The van der Waals surface area contributed by atoms with E-state index in [1.54, 1.807) is 7.11 Å². The summed E-state index contributed by atoms with van der Waals surface area (Å²) in [6.45, 7) is 2.58.